The molecule has 1 aromatic heterocycles. The predicted molar refractivity (Wildman–Crippen MR) is 53.5 cm³/mol. The molecule has 1 aliphatic rings. The lowest BCUT2D eigenvalue weighted by Crippen LogP contribution is -2.21. The van der Waals surface area contributed by atoms with Crippen molar-refractivity contribution in [3.63, 3.8) is 0 Å². The van der Waals surface area contributed by atoms with Crippen LogP contribution in [0.15, 0.2) is 6.20 Å². The van der Waals surface area contributed by atoms with Gasteiger partial charge in [-0.05, 0) is 18.8 Å². The Balaban J connectivity index is 1.89. The van der Waals surface area contributed by atoms with Gasteiger partial charge in [0.25, 0.3) is 0 Å². The molecule has 0 radical (unpaired) electrons. The van der Waals surface area contributed by atoms with Gasteiger partial charge in [-0.25, -0.2) is 0 Å². The second-order valence-corrected chi connectivity index (χ2v) is 3.78. The van der Waals surface area contributed by atoms with Gasteiger partial charge in [-0.2, -0.15) is 5.10 Å². The normalized spacial score (nSPS) is 17.0. The Bertz CT molecular complexity index is 288. The largest absolute Gasteiger partial charge is 0.394 e. The Morgan fingerprint density at radius 1 is 1.69 bits per heavy atom. The quantitative estimate of drug-likeness (QED) is 0.735. The summed E-state index contributed by atoms with van der Waals surface area (Å²) in [6.45, 7) is 1.02. The lowest BCUT2D eigenvalue weighted by molar-refractivity contribution is 0.333. The van der Waals surface area contributed by atoms with Crippen LogP contribution in [0.3, 0.4) is 0 Å². The average Bonchev–Trinajstić information content (AvgIpc) is 2.27. The molecule has 4 nitrogen and oxygen atoms in total. The van der Waals surface area contributed by atoms with Crippen LogP contribution in [-0.2, 0) is 7.05 Å². The van der Waals surface area contributed by atoms with Crippen LogP contribution in [-0.4, -0.2) is 16.3 Å². The molecule has 0 spiro atoms. The van der Waals surface area contributed by atoms with Crippen molar-refractivity contribution in [1.29, 1.82) is 0 Å². The lowest BCUT2D eigenvalue weighted by atomic mass is 9.85. The summed E-state index contributed by atoms with van der Waals surface area (Å²) in [4.78, 5) is 0. The van der Waals surface area contributed by atoms with Crippen LogP contribution in [0.4, 0.5) is 11.5 Å². The third kappa shape index (κ3) is 1.76. The molecular weight excluding hydrogens is 164 g/mol. The first-order valence-electron chi connectivity index (χ1n) is 4.78. The van der Waals surface area contributed by atoms with Gasteiger partial charge < -0.3 is 11.1 Å². The molecule has 1 aliphatic carbocycles. The van der Waals surface area contributed by atoms with Crippen LogP contribution in [0.5, 0.6) is 0 Å². The van der Waals surface area contributed by atoms with Gasteiger partial charge in [0.2, 0.25) is 0 Å². The molecule has 1 heterocycles. The molecule has 1 aromatic rings. The van der Waals surface area contributed by atoms with Gasteiger partial charge in [0.15, 0.2) is 5.82 Å². The summed E-state index contributed by atoms with van der Waals surface area (Å²) in [5.74, 6) is 1.66. The van der Waals surface area contributed by atoms with Crippen molar-refractivity contribution < 1.29 is 0 Å². The first-order chi connectivity index (χ1) is 6.25. The second-order valence-electron chi connectivity index (χ2n) is 3.78. The van der Waals surface area contributed by atoms with Crippen LogP contribution in [0, 0.1) is 5.92 Å². The van der Waals surface area contributed by atoms with Crippen LogP contribution in [0.1, 0.15) is 19.3 Å². The lowest BCUT2D eigenvalue weighted by Gasteiger charge is -2.25. The van der Waals surface area contributed by atoms with Gasteiger partial charge in [-0.15, -0.1) is 0 Å². The molecule has 0 aliphatic heterocycles. The van der Waals surface area contributed by atoms with Crippen molar-refractivity contribution in [2.24, 2.45) is 13.0 Å². The Morgan fingerprint density at radius 2 is 2.46 bits per heavy atom. The summed E-state index contributed by atoms with van der Waals surface area (Å²) in [7, 11) is 1.88. The van der Waals surface area contributed by atoms with E-state index in [9.17, 15) is 0 Å². The minimum atomic E-state index is 0.738. The number of aromatic nitrogens is 2. The molecule has 1 fully saturated rings. The van der Waals surface area contributed by atoms with E-state index in [0.717, 1.165) is 24.0 Å². The summed E-state index contributed by atoms with van der Waals surface area (Å²) < 4.78 is 1.73. The number of anilines is 2. The van der Waals surface area contributed by atoms with Crippen molar-refractivity contribution >= 4 is 11.5 Å². The zero-order valence-corrected chi connectivity index (χ0v) is 7.95. The number of hydrogen-bond acceptors (Lipinski definition) is 3. The minimum Gasteiger partial charge on any atom is -0.394 e. The molecule has 3 N–H and O–H groups in total. The highest BCUT2D eigenvalue weighted by atomic mass is 15.3. The van der Waals surface area contributed by atoms with E-state index >= 15 is 0 Å². The molecule has 1 saturated carbocycles. The van der Waals surface area contributed by atoms with E-state index < -0.39 is 0 Å². The third-order valence-corrected chi connectivity index (χ3v) is 2.64. The number of nitrogens with one attached hydrogen (secondary N) is 1. The molecule has 0 unspecified atom stereocenters. The fourth-order valence-electron chi connectivity index (χ4n) is 1.58. The van der Waals surface area contributed by atoms with E-state index in [4.69, 9.17) is 5.73 Å². The zero-order chi connectivity index (χ0) is 9.26. The monoisotopic (exact) mass is 180 g/mol. The summed E-state index contributed by atoms with van der Waals surface area (Å²) in [6.07, 6.45) is 5.90. The number of nitrogens with zero attached hydrogens (tertiary/aromatic N) is 2. The van der Waals surface area contributed by atoms with Gasteiger partial charge in [-0.3, -0.25) is 4.68 Å². The van der Waals surface area contributed by atoms with E-state index in [0.29, 0.717) is 0 Å². The second kappa shape index (κ2) is 3.28. The molecule has 4 heteroatoms. The summed E-state index contributed by atoms with van der Waals surface area (Å²) in [5.41, 5.74) is 6.48. The standard InChI is InChI=1S/C9H16N4/c1-13-6-8(10)9(12-13)11-5-7-3-2-4-7/h6-7H,2-5,10H2,1H3,(H,11,12). The molecule has 0 bridgehead atoms. The topological polar surface area (TPSA) is 55.9 Å². The van der Waals surface area contributed by atoms with E-state index in [-0.39, 0.29) is 0 Å². The molecule has 0 atom stereocenters. The molecular formula is C9H16N4. The maximum atomic E-state index is 5.74. The molecule has 0 saturated heterocycles. The molecule has 2 rings (SSSR count). The van der Waals surface area contributed by atoms with Crippen molar-refractivity contribution in [1.82, 2.24) is 9.78 Å². The van der Waals surface area contributed by atoms with Crippen molar-refractivity contribution in [3.05, 3.63) is 6.20 Å². The van der Waals surface area contributed by atoms with Crippen LogP contribution >= 0.6 is 0 Å². The minimum absolute atomic E-state index is 0.738. The number of nitrogens with two attached hydrogens (primary N) is 1. The van der Waals surface area contributed by atoms with Crippen LogP contribution in [0.2, 0.25) is 0 Å². The number of nitrogen functional groups attached to an aromatic ring is 1. The average molecular weight is 180 g/mol. The fraction of sp³-hybridized carbons (Fsp3) is 0.667. The molecule has 72 valence electrons. The van der Waals surface area contributed by atoms with Crippen LogP contribution in [0.25, 0.3) is 0 Å². The first kappa shape index (κ1) is 8.41. The van der Waals surface area contributed by atoms with E-state index in [1.807, 2.05) is 13.2 Å². The highest BCUT2D eigenvalue weighted by Gasteiger charge is 2.17. The van der Waals surface area contributed by atoms with E-state index in [1.54, 1.807) is 4.68 Å². The van der Waals surface area contributed by atoms with Crippen LogP contribution < -0.4 is 11.1 Å². The first-order valence-corrected chi connectivity index (χ1v) is 4.78. The predicted octanol–water partition coefficient (Wildman–Crippen LogP) is 1.21. The summed E-state index contributed by atoms with van der Waals surface area (Å²) >= 11 is 0. The number of aryl methyl sites for hydroxylation is 1. The summed E-state index contributed by atoms with van der Waals surface area (Å²) in [6, 6.07) is 0. The number of hydrogen-bond donors (Lipinski definition) is 2. The molecule has 0 aromatic carbocycles. The van der Waals surface area contributed by atoms with Gasteiger partial charge >= 0.3 is 0 Å². The Morgan fingerprint density at radius 3 is 2.92 bits per heavy atom. The molecule has 13 heavy (non-hydrogen) atoms. The summed E-state index contributed by atoms with van der Waals surface area (Å²) in [5, 5.41) is 7.50. The van der Waals surface area contributed by atoms with E-state index in [1.165, 1.54) is 19.3 Å². The van der Waals surface area contributed by atoms with Gasteiger partial charge in [0, 0.05) is 19.8 Å². The number of rotatable bonds is 3. The fourth-order valence-corrected chi connectivity index (χ4v) is 1.58. The van der Waals surface area contributed by atoms with Crippen molar-refractivity contribution in [2.45, 2.75) is 19.3 Å². The molecule has 0 amide bonds. The Kier molecular flexibility index (Phi) is 2.12. The van der Waals surface area contributed by atoms with Crippen molar-refractivity contribution in [3.8, 4) is 0 Å². The highest BCUT2D eigenvalue weighted by molar-refractivity contribution is 5.59. The van der Waals surface area contributed by atoms with Crippen molar-refractivity contribution in [2.75, 3.05) is 17.6 Å². The third-order valence-electron chi connectivity index (χ3n) is 2.64. The highest BCUT2D eigenvalue weighted by Crippen LogP contribution is 2.26. The van der Waals surface area contributed by atoms with Gasteiger partial charge in [0.1, 0.15) is 0 Å². The smallest absolute Gasteiger partial charge is 0.171 e. The maximum Gasteiger partial charge on any atom is 0.171 e. The van der Waals surface area contributed by atoms with Gasteiger partial charge in [-0.1, -0.05) is 6.42 Å². The SMILES string of the molecule is Cn1cc(N)c(NCC2CCC2)n1. The zero-order valence-electron chi connectivity index (χ0n) is 7.95. The maximum absolute atomic E-state index is 5.74. The van der Waals surface area contributed by atoms with E-state index in [2.05, 4.69) is 10.4 Å². The Hall–Kier alpha value is -1.19. The Labute approximate surface area is 78.1 Å². The van der Waals surface area contributed by atoms with Gasteiger partial charge in [0.05, 0.1) is 5.69 Å².